The lowest BCUT2D eigenvalue weighted by Gasteiger charge is -2.13. The first-order valence-corrected chi connectivity index (χ1v) is 8.42. The van der Waals surface area contributed by atoms with Crippen molar-refractivity contribution in [2.24, 2.45) is 0 Å². The number of carbonyl (C=O) groups excluding carboxylic acids is 1. The fourth-order valence-electron chi connectivity index (χ4n) is 2.79. The van der Waals surface area contributed by atoms with Gasteiger partial charge in [0.1, 0.15) is 5.82 Å². The van der Waals surface area contributed by atoms with Crippen LogP contribution in [0.25, 0.3) is 21.9 Å². The van der Waals surface area contributed by atoms with Crippen LogP contribution >= 0.6 is 0 Å². The summed E-state index contributed by atoms with van der Waals surface area (Å²) in [5.41, 5.74) is 2.62. The second-order valence-corrected chi connectivity index (χ2v) is 5.77. The number of urea groups is 1. The smallest absolute Gasteiger partial charge is 0.404 e. The predicted octanol–water partition coefficient (Wildman–Crippen LogP) is 3.21. The van der Waals surface area contributed by atoms with Crippen LogP contribution in [0, 0.1) is 0 Å². The minimum Gasteiger partial charge on any atom is -0.465 e. The summed E-state index contributed by atoms with van der Waals surface area (Å²) in [5, 5.41) is 18.3. The van der Waals surface area contributed by atoms with Crippen LogP contribution in [0.15, 0.2) is 48.9 Å². The highest BCUT2D eigenvalue weighted by molar-refractivity contribution is 6.00. The molecule has 0 atom stereocenters. The molecule has 1 aromatic carbocycles. The van der Waals surface area contributed by atoms with Gasteiger partial charge in [0.2, 0.25) is 0 Å². The van der Waals surface area contributed by atoms with Crippen LogP contribution in [-0.2, 0) is 6.54 Å². The van der Waals surface area contributed by atoms with Crippen molar-refractivity contribution in [1.82, 2.24) is 20.6 Å². The molecule has 2 aromatic heterocycles. The number of aromatic nitrogens is 2. The highest BCUT2D eigenvalue weighted by Crippen LogP contribution is 2.31. The third kappa shape index (κ3) is 4.30. The van der Waals surface area contributed by atoms with E-state index in [0.717, 1.165) is 27.5 Å². The minimum absolute atomic E-state index is 0.157. The summed E-state index contributed by atoms with van der Waals surface area (Å²) in [6.45, 7) is 2.49. The third-order valence-corrected chi connectivity index (χ3v) is 3.97. The molecule has 8 heteroatoms. The van der Waals surface area contributed by atoms with Crippen LogP contribution in [0.2, 0.25) is 0 Å². The van der Waals surface area contributed by atoms with Crippen molar-refractivity contribution in [1.29, 1.82) is 0 Å². The van der Waals surface area contributed by atoms with E-state index in [4.69, 9.17) is 5.11 Å². The highest BCUT2D eigenvalue weighted by Gasteiger charge is 2.11. The van der Waals surface area contributed by atoms with E-state index in [1.165, 1.54) is 0 Å². The molecule has 0 saturated carbocycles. The van der Waals surface area contributed by atoms with Gasteiger partial charge in [-0.15, -0.1) is 0 Å². The van der Waals surface area contributed by atoms with Crippen LogP contribution < -0.4 is 16.0 Å². The molecule has 8 nitrogen and oxygen atoms in total. The Kier molecular flexibility index (Phi) is 5.46. The normalized spacial score (nSPS) is 10.4. The van der Waals surface area contributed by atoms with Crippen molar-refractivity contribution in [3.63, 3.8) is 0 Å². The van der Waals surface area contributed by atoms with Crippen LogP contribution in [0.1, 0.15) is 12.5 Å². The van der Waals surface area contributed by atoms with Gasteiger partial charge in [-0.2, -0.15) is 0 Å². The molecular weight excluding hydrogens is 346 g/mol. The van der Waals surface area contributed by atoms with Gasteiger partial charge in [-0.25, -0.2) is 14.6 Å². The van der Waals surface area contributed by atoms with Crippen molar-refractivity contribution < 1.29 is 14.7 Å². The quantitative estimate of drug-likeness (QED) is 0.554. The summed E-state index contributed by atoms with van der Waals surface area (Å²) >= 11 is 0. The number of pyridine rings is 2. The topological polar surface area (TPSA) is 116 Å². The Morgan fingerprint density at radius 1 is 1.11 bits per heavy atom. The number of benzene rings is 1. The fraction of sp³-hybridized carbons (Fsp3) is 0.158. The molecule has 3 rings (SSSR count). The van der Waals surface area contributed by atoms with Gasteiger partial charge in [0.05, 0.1) is 0 Å². The number of nitrogens with one attached hydrogen (secondary N) is 3. The van der Waals surface area contributed by atoms with Crippen molar-refractivity contribution in [2.45, 2.75) is 13.5 Å². The lowest BCUT2D eigenvalue weighted by atomic mass is 9.97. The summed E-state index contributed by atoms with van der Waals surface area (Å²) in [7, 11) is 0. The molecule has 138 valence electrons. The van der Waals surface area contributed by atoms with E-state index in [0.29, 0.717) is 12.4 Å². The Morgan fingerprint density at radius 2 is 1.96 bits per heavy atom. The average molecular weight is 365 g/mol. The zero-order chi connectivity index (χ0) is 19.2. The lowest BCUT2D eigenvalue weighted by molar-refractivity contribution is 0.194. The van der Waals surface area contributed by atoms with Crippen LogP contribution in [0.3, 0.4) is 0 Å². The number of carbonyl (C=O) groups is 2. The molecule has 27 heavy (non-hydrogen) atoms. The van der Waals surface area contributed by atoms with Crippen molar-refractivity contribution in [3.05, 3.63) is 54.5 Å². The molecule has 0 fully saturated rings. The van der Waals surface area contributed by atoms with Crippen LogP contribution in [0.5, 0.6) is 0 Å². The molecular formula is C19H19N5O3. The van der Waals surface area contributed by atoms with E-state index < -0.39 is 6.09 Å². The minimum atomic E-state index is -1.10. The molecule has 0 saturated heterocycles. The second-order valence-electron chi connectivity index (χ2n) is 5.77. The molecule has 3 amide bonds. The van der Waals surface area contributed by atoms with Gasteiger partial charge in [0, 0.05) is 42.6 Å². The first-order chi connectivity index (χ1) is 13.1. The molecule has 0 unspecified atom stereocenters. The SMILES string of the molecule is CCNC(=O)Nc1cc2c(-c3cccnc3)ccc(CNC(=O)O)c2cn1. The van der Waals surface area contributed by atoms with E-state index in [1.807, 2.05) is 31.2 Å². The van der Waals surface area contributed by atoms with E-state index in [9.17, 15) is 9.59 Å². The summed E-state index contributed by atoms with van der Waals surface area (Å²) in [6.07, 6.45) is 3.99. The monoisotopic (exact) mass is 365 g/mol. The largest absolute Gasteiger partial charge is 0.465 e. The maximum absolute atomic E-state index is 11.8. The maximum Gasteiger partial charge on any atom is 0.404 e. The summed E-state index contributed by atoms with van der Waals surface area (Å²) < 4.78 is 0. The Labute approximate surface area is 155 Å². The molecule has 4 N–H and O–H groups in total. The van der Waals surface area contributed by atoms with E-state index in [1.54, 1.807) is 24.7 Å². The van der Waals surface area contributed by atoms with Gasteiger partial charge in [0.25, 0.3) is 0 Å². The lowest BCUT2D eigenvalue weighted by Crippen LogP contribution is -2.28. The summed E-state index contributed by atoms with van der Waals surface area (Å²) in [5.74, 6) is 0.405. The third-order valence-electron chi connectivity index (χ3n) is 3.97. The number of nitrogens with zero attached hydrogens (tertiary/aromatic N) is 2. The molecule has 0 aliphatic carbocycles. The van der Waals surface area contributed by atoms with Gasteiger partial charge >= 0.3 is 12.1 Å². The molecule has 0 aliphatic heterocycles. The zero-order valence-corrected chi connectivity index (χ0v) is 14.7. The Hall–Kier alpha value is -3.68. The predicted molar refractivity (Wildman–Crippen MR) is 103 cm³/mol. The van der Waals surface area contributed by atoms with E-state index in [-0.39, 0.29) is 12.6 Å². The molecule has 0 spiro atoms. The second kappa shape index (κ2) is 8.13. The number of carboxylic acid groups (broad SMARTS) is 1. The number of rotatable bonds is 5. The Bertz CT molecular complexity index is 976. The molecule has 3 aromatic rings. The Balaban J connectivity index is 2.09. The molecule has 2 heterocycles. The number of anilines is 1. The van der Waals surface area contributed by atoms with Crippen molar-refractivity contribution in [3.8, 4) is 11.1 Å². The molecule has 0 aliphatic rings. The molecule has 0 bridgehead atoms. The van der Waals surface area contributed by atoms with E-state index >= 15 is 0 Å². The Morgan fingerprint density at radius 3 is 2.67 bits per heavy atom. The zero-order valence-electron chi connectivity index (χ0n) is 14.7. The first kappa shape index (κ1) is 18.1. The van der Waals surface area contributed by atoms with Crippen LogP contribution in [-0.4, -0.2) is 33.7 Å². The summed E-state index contributed by atoms with van der Waals surface area (Å²) in [4.78, 5) is 31.1. The summed E-state index contributed by atoms with van der Waals surface area (Å²) in [6, 6.07) is 8.99. The standard InChI is InChI=1S/C19H19N5O3/c1-2-21-18(25)24-17-8-15-14(12-4-3-7-20-9-12)6-5-13(10-23-19(26)27)16(15)11-22-17/h3-9,11,23H,2,10H2,1H3,(H,26,27)(H2,21,22,24,25). The molecule has 0 radical (unpaired) electrons. The maximum atomic E-state index is 11.8. The highest BCUT2D eigenvalue weighted by atomic mass is 16.4. The van der Waals surface area contributed by atoms with Gasteiger partial charge in [0.15, 0.2) is 0 Å². The number of fused-ring (bicyclic) bond motifs is 1. The van der Waals surface area contributed by atoms with Gasteiger partial charge in [-0.1, -0.05) is 18.2 Å². The number of hydrogen-bond donors (Lipinski definition) is 4. The van der Waals surface area contributed by atoms with Gasteiger partial charge < -0.3 is 15.7 Å². The van der Waals surface area contributed by atoms with Gasteiger partial charge in [-0.05, 0) is 35.6 Å². The number of amides is 3. The fourth-order valence-corrected chi connectivity index (χ4v) is 2.79. The van der Waals surface area contributed by atoms with Gasteiger partial charge in [-0.3, -0.25) is 10.3 Å². The number of hydrogen-bond acceptors (Lipinski definition) is 4. The van der Waals surface area contributed by atoms with E-state index in [2.05, 4.69) is 25.9 Å². The van der Waals surface area contributed by atoms with Crippen molar-refractivity contribution >= 4 is 28.7 Å². The first-order valence-electron chi connectivity index (χ1n) is 8.42. The van der Waals surface area contributed by atoms with Crippen LogP contribution in [0.4, 0.5) is 15.4 Å². The van der Waals surface area contributed by atoms with Crippen molar-refractivity contribution in [2.75, 3.05) is 11.9 Å². The average Bonchev–Trinajstić information content (AvgIpc) is 2.66.